The molecule has 1 heterocycles. The minimum Gasteiger partial charge on any atom is -0.391 e. The highest BCUT2D eigenvalue weighted by atomic mass is 19.1. The van der Waals surface area contributed by atoms with E-state index in [1.54, 1.807) is 13.2 Å². The van der Waals surface area contributed by atoms with Crippen molar-refractivity contribution in [3.05, 3.63) is 41.6 Å². The molecule has 0 bridgehead atoms. The maximum Gasteiger partial charge on any atom is 0.145 e. The van der Waals surface area contributed by atoms with E-state index in [4.69, 9.17) is 0 Å². The topological polar surface area (TPSA) is 42.0 Å². The first-order chi connectivity index (χ1) is 9.01. The molecule has 0 fully saturated rings. The van der Waals surface area contributed by atoms with E-state index in [2.05, 4.69) is 16.9 Å². The van der Waals surface area contributed by atoms with Crippen LogP contribution in [-0.2, 0) is 4.79 Å². The van der Waals surface area contributed by atoms with Crippen molar-refractivity contribution in [2.75, 3.05) is 7.05 Å². The van der Waals surface area contributed by atoms with Crippen LogP contribution >= 0.6 is 0 Å². The number of aromatic nitrogens is 1. The molecule has 0 aliphatic carbocycles. The zero-order chi connectivity index (χ0) is 14.4. The molecule has 1 aromatic heterocycles. The van der Waals surface area contributed by atoms with Gasteiger partial charge in [-0.15, -0.1) is 0 Å². The van der Waals surface area contributed by atoms with E-state index >= 15 is 0 Å². The molecular weight excluding hydrogens is 243 g/mol. The van der Waals surface area contributed by atoms with Gasteiger partial charge in [-0.25, -0.2) is 4.39 Å². The van der Waals surface area contributed by atoms with Gasteiger partial charge in [0.15, 0.2) is 0 Å². The quantitative estimate of drug-likeness (QED) is 0.769. The summed E-state index contributed by atoms with van der Waals surface area (Å²) in [4.78, 5) is 14.7. The van der Waals surface area contributed by atoms with E-state index in [-0.39, 0.29) is 17.7 Å². The average Bonchev–Trinajstić information content (AvgIpc) is 2.39. The summed E-state index contributed by atoms with van der Waals surface area (Å²) in [7, 11) is 1.73. The number of pyridine rings is 1. The summed E-state index contributed by atoms with van der Waals surface area (Å²) < 4.78 is 14.2. The Morgan fingerprint density at radius 1 is 1.58 bits per heavy atom. The van der Waals surface area contributed by atoms with E-state index < -0.39 is 0 Å². The third kappa shape index (κ3) is 3.88. The smallest absolute Gasteiger partial charge is 0.145 e. The van der Waals surface area contributed by atoms with Gasteiger partial charge in [-0.1, -0.05) is 20.4 Å². The van der Waals surface area contributed by atoms with Gasteiger partial charge in [0.25, 0.3) is 0 Å². The molecule has 1 atom stereocenters. The van der Waals surface area contributed by atoms with Crippen LogP contribution in [0.4, 0.5) is 4.39 Å². The fraction of sp³-hybridized carbons (Fsp3) is 0.467. The van der Waals surface area contributed by atoms with Crippen molar-refractivity contribution in [1.82, 2.24) is 10.3 Å². The van der Waals surface area contributed by atoms with Crippen LogP contribution in [0.5, 0.6) is 0 Å². The van der Waals surface area contributed by atoms with E-state index in [0.717, 1.165) is 11.8 Å². The summed E-state index contributed by atoms with van der Waals surface area (Å²) in [5.41, 5.74) is 1.89. The van der Waals surface area contributed by atoms with Crippen LogP contribution in [0.3, 0.4) is 0 Å². The zero-order valence-corrected chi connectivity index (χ0v) is 11.7. The molecule has 1 N–H and O–H groups in total. The average molecular weight is 264 g/mol. The van der Waals surface area contributed by atoms with Gasteiger partial charge in [0.1, 0.15) is 12.1 Å². The maximum atomic E-state index is 14.2. The van der Waals surface area contributed by atoms with Gasteiger partial charge >= 0.3 is 0 Å². The molecule has 0 aliphatic heterocycles. The van der Waals surface area contributed by atoms with Crippen LogP contribution in [0.15, 0.2) is 24.5 Å². The first-order valence-electron chi connectivity index (χ1n) is 6.46. The van der Waals surface area contributed by atoms with Crippen molar-refractivity contribution in [2.24, 2.45) is 0 Å². The van der Waals surface area contributed by atoms with Gasteiger partial charge in [-0.3, -0.25) is 4.98 Å². The molecule has 0 radical (unpaired) electrons. The maximum absolute atomic E-state index is 14.2. The van der Waals surface area contributed by atoms with E-state index in [0.29, 0.717) is 24.2 Å². The number of carbonyl (C=O) groups excluding carboxylic acids is 1. The second-order valence-electron chi connectivity index (χ2n) is 4.86. The number of halogens is 1. The van der Waals surface area contributed by atoms with Crippen molar-refractivity contribution >= 4 is 6.29 Å². The number of aldehydes is 1. The number of likely N-dealkylation sites (N-methyl/N-ethyl adjacent to an activating group) is 1. The van der Waals surface area contributed by atoms with Gasteiger partial charge in [0, 0.05) is 31.3 Å². The van der Waals surface area contributed by atoms with E-state index in [1.807, 2.05) is 13.8 Å². The zero-order valence-electron chi connectivity index (χ0n) is 11.7. The third-order valence-corrected chi connectivity index (χ3v) is 3.20. The Kier molecular flexibility index (Phi) is 5.67. The highest BCUT2D eigenvalue weighted by molar-refractivity contribution is 5.49. The Morgan fingerprint density at radius 3 is 2.74 bits per heavy atom. The van der Waals surface area contributed by atoms with Crippen LogP contribution in [0.1, 0.15) is 49.8 Å². The predicted octanol–water partition coefficient (Wildman–Crippen LogP) is 3.14. The summed E-state index contributed by atoms with van der Waals surface area (Å²) in [6.45, 7) is 7.85. The fourth-order valence-electron chi connectivity index (χ4n) is 1.92. The summed E-state index contributed by atoms with van der Waals surface area (Å²) >= 11 is 0. The molecule has 1 aromatic rings. The number of rotatable bonds is 7. The lowest BCUT2D eigenvalue weighted by molar-refractivity contribution is -0.108. The van der Waals surface area contributed by atoms with Crippen molar-refractivity contribution < 1.29 is 9.18 Å². The standard InChI is InChI=1S/C15H21FN2O/c1-10(2)12-8-14(16)15(18-9-12)13(6-5-7-19)11(3)17-4/h7-10,13,17H,3,5-6H2,1-2,4H3. The largest absolute Gasteiger partial charge is 0.391 e. The molecule has 0 amide bonds. The number of nitrogens with one attached hydrogen (secondary N) is 1. The normalized spacial score (nSPS) is 12.3. The van der Waals surface area contributed by atoms with Gasteiger partial charge in [-0.2, -0.15) is 0 Å². The summed E-state index contributed by atoms with van der Waals surface area (Å²) in [5, 5.41) is 2.92. The lowest BCUT2D eigenvalue weighted by Gasteiger charge is -2.19. The minimum absolute atomic E-state index is 0.233. The molecule has 3 nitrogen and oxygen atoms in total. The molecular formula is C15H21FN2O. The summed E-state index contributed by atoms with van der Waals surface area (Å²) in [6, 6.07) is 1.52. The second kappa shape index (κ2) is 7.02. The van der Waals surface area contributed by atoms with Crippen LogP contribution in [0.25, 0.3) is 0 Å². The van der Waals surface area contributed by atoms with E-state index in [9.17, 15) is 9.18 Å². The Labute approximate surface area is 113 Å². The number of carbonyl (C=O) groups is 1. The molecule has 0 saturated heterocycles. The molecule has 1 unspecified atom stereocenters. The minimum atomic E-state index is -0.335. The molecule has 4 heteroatoms. The van der Waals surface area contributed by atoms with Crippen LogP contribution < -0.4 is 5.32 Å². The van der Waals surface area contributed by atoms with Crippen molar-refractivity contribution in [2.45, 2.75) is 38.5 Å². The van der Waals surface area contributed by atoms with Crippen LogP contribution in [0.2, 0.25) is 0 Å². The number of hydrogen-bond acceptors (Lipinski definition) is 3. The first-order valence-corrected chi connectivity index (χ1v) is 6.46. The van der Waals surface area contributed by atoms with Crippen LogP contribution in [-0.4, -0.2) is 18.3 Å². The molecule has 1 rings (SSSR count). The molecule has 0 aromatic carbocycles. The predicted molar refractivity (Wildman–Crippen MR) is 74.5 cm³/mol. The first kappa shape index (κ1) is 15.3. The van der Waals surface area contributed by atoms with Crippen molar-refractivity contribution in [3.8, 4) is 0 Å². The van der Waals surface area contributed by atoms with Crippen LogP contribution in [0, 0.1) is 5.82 Å². The summed E-state index contributed by atoms with van der Waals surface area (Å²) in [5.74, 6) is -0.383. The highest BCUT2D eigenvalue weighted by Gasteiger charge is 2.20. The van der Waals surface area contributed by atoms with E-state index in [1.165, 1.54) is 6.07 Å². The molecule has 0 spiro atoms. The Hall–Kier alpha value is -1.71. The monoisotopic (exact) mass is 264 g/mol. The molecule has 19 heavy (non-hydrogen) atoms. The number of allylic oxidation sites excluding steroid dienone is 1. The molecule has 0 saturated carbocycles. The Morgan fingerprint density at radius 2 is 2.26 bits per heavy atom. The lowest BCUT2D eigenvalue weighted by Crippen LogP contribution is -2.17. The van der Waals surface area contributed by atoms with Gasteiger partial charge in [0.05, 0.1) is 5.69 Å². The van der Waals surface area contributed by atoms with Crippen molar-refractivity contribution in [1.29, 1.82) is 0 Å². The number of nitrogens with zero attached hydrogens (tertiary/aromatic N) is 1. The molecule has 0 aliphatic rings. The van der Waals surface area contributed by atoms with Gasteiger partial charge < -0.3 is 10.1 Å². The fourth-order valence-corrected chi connectivity index (χ4v) is 1.92. The van der Waals surface area contributed by atoms with Gasteiger partial charge in [0.2, 0.25) is 0 Å². The van der Waals surface area contributed by atoms with Gasteiger partial charge in [-0.05, 0) is 24.0 Å². The highest BCUT2D eigenvalue weighted by Crippen LogP contribution is 2.28. The third-order valence-electron chi connectivity index (χ3n) is 3.20. The second-order valence-corrected chi connectivity index (χ2v) is 4.86. The molecule has 104 valence electrons. The summed E-state index contributed by atoms with van der Waals surface area (Å²) in [6.07, 6.45) is 3.39. The van der Waals surface area contributed by atoms with Crippen molar-refractivity contribution in [3.63, 3.8) is 0 Å². The SMILES string of the molecule is C=C(NC)C(CCC=O)c1ncc(C(C)C)cc1F. The lowest BCUT2D eigenvalue weighted by atomic mass is 9.94. The number of hydrogen-bond donors (Lipinski definition) is 1. The Bertz CT molecular complexity index is 457. The Balaban J connectivity index is 3.08.